The van der Waals surface area contributed by atoms with Gasteiger partial charge in [-0.05, 0) is 13.0 Å². The molecule has 1 amide bonds. The number of carbonyl (C=O) groups is 1. The first kappa shape index (κ1) is 14.2. The Hall–Kier alpha value is -1.77. The van der Waals surface area contributed by atoms with Crippen LogP contribution >= 0.6 is 0 Å². The summed E-state index contributed by atoms with van der Waals surface area (Å²) < 4.78 is 5.26. The maximum Gasteiger partial charge on any atom is 0.223 e. The Labute approximate surface area is 97.4 Å². The molecule has 0 saturated heterocycles. The molecule has 88 valence electrons. The number of rotatable bonds is 7. The first-order chi connectivity index (χ1) is 7.61. The summed E-state index contributed by atoms with van der Waals surface area (Å²) in [6.45, 7) is 11.7. The highest BCUT2D eigenvalue weighted by Gasteiger charge is 2.01. The fourth-order valence-corrected chi connectivity index (χ4v) is 0.906. The van der Waals surface area contributed by atoms with Gasteiger partial charge in [0.1, 0.15) is 12.4 Å². The molecule has 0 heterocycles. The molecule has 0 bridgehead atoms. The smallest absolute Gasteiger partial charge is 0.223 e. The first-order valence-corrected chi connectivity index (χ1v) is 5.11. The number of carbonyl (C=O) groups excluding carboxylic acids is 1. The topological polar surface area (TPSA) is 29.5 Å². The summed E-state index contributed by atoms with van der Waals surface area (Å²) >= 11 is 0. The van der Waals surface area contributed by atoms with Crippen molar-refractivity contribution in [3.8, 4) is 0 Å². The molecule has 0 radical (unpaired) electrons. The van der Waals surface area contributed by atoms with E-state index in [1.54, 1.807) is 18.4 Å². The number of hydrogen-bond acceptors (Lipinski definition) is 2. The molecule has 0 N–H and O–H groups in total. The van der Waals surface area contributed by atoms with Crippen LogP contribution in [0.25, 0.3) is 0 Å². The van der Waals surface area contributed by atoms with E-state index in [0.717, 1.165) is 0 Å². The Morgan fingerprint density at radius 3 is 2.69 bits per heavy atom. The zero-order chi connectivity index (χ0) is 12.4. The number of allylic oxidation sites excluding steroid dienone is 2. The molecule has 3 nitrogen and oxygen atoms in total. The van der Waals surface area contributed by atoms with Gasteiger partial charge in [0.05, 0.1) is 0 Å². The van der Waals surface area contributed by atoms with Crippen molar-refractivity contribution < 1.29 is 9.53 Å². The summed E-state index contributed by atoms with van der Waals surface area (Å²) in [6.07, 6.45) is 8.74. The second kappa shape index (κ2) is 8.53. The van der Waals surface area contributed by atoms with Gasteiger partial charge < -0.3 is 9.64 Å². The Bertz CT molecular complexity index is 303. The van der Waals surface area contributed by atoms with Crippen molar-refractivity contribution in [1.82, 2.24) is 4.90 Å². The molecule has 0 unspecified atom stereocenters. The average molecular weight is 221 g/mol. The molecule has 16 heavy (non-hydrogen) atoms. The standard InChI is InChI=1S/C13H19NO2/c1-5-7-11-16-12(3)8-10-14(9-6-2)13(4)15/h5-8,10H,2-3,9,11H2,1,4H3/b7-5+,10-8-. The third-order valence-corrected chi connectivity index (χ3v) is 1.77. The molecule has 0 saturated carbocycles. The van der Waals surface area contributed by atoms with Crippen molar-refractivity contribution in [2.75, 3.05) is 13.2 Å². The van der Waals surface area contributed by atoms with Gasteiger partial charge in [-0.2, -0.15) is 0 Å². The van der Waals surface area contributed by atoms with Gasteiger partial charge in [-0.1, -0.05) is 24.8 Å². The molecule has 0 aromatic heterocycles. The van der Waals surface area contributed by atoms with Crippen LogP contribution in [0.3, 0.4) is 0 Å². The van der Waals surface area contributed by atoms with Gasteiger partial charge in [-0.3, -0.25) is 4.79 Å². The third kappa shape index (κ3) is 6.65. The maximum atomic E-state index is 11.2. The number of nitrogens with zero attached hydrogens (tertiary/aromatic N) is 1. The van der Waals surface area contributed by atoms with Gasteiger partial charge in [-0.15, -0.1) is 6.58 Å². The lowest BCUT2D eigenvalue weighted by Gasteiger charge is -2.13. The molecule has 0 aliphatic carbocycles. The predicted octanol–water partition coefficient (Wildman–Crippen LogP) is 2.64. The zero-order valence-corrected chi connectivity index (χ0v) is 9.98. The molecular formula is C13H19NO2. The summed E-state index contributed by atoms with van der Waals surface area (Å²) in [6, 6.07) is 0. The van der Waals surface area contributed by atoms with Crippen LogP contribution in [-0.4, -0.2) is 24.0 Å². The number of ether oxygens (including phenoxy) is 1. The van der Waals surface area contributed by atoms with E-state index in [-0.39, 0.29) is 5.91 Å². The largest absolute Gasteiger partial charge is 0.490 e. The molecule has 0 aliphatic rings. The normalized spacial score (nSPS) is 10.6. The van der Waals surface area contributed by atoms with Crippen LogP contribution in [0.2, 0.25) is 0 Å². The lowest BCUT2D eigenvalue weighted by Crippen LogP contribution is -2.22. The van der Waals surface area contributed by atoms with E-state index in [0.29, 0.717) is 18.9 Å². The van der Waals surface area contributed by atoms with Crippen molar-refractivity contribution in [2.45, 2.75) is 13.8 Å². The van der Waals surface area contributed by atoms with Crippen LogP contribution in [0.15, 0.2) is 49.4 Å². The van der Waals surface area contributed by atoms with Crippen molar-refractivity contribution in [3.63, 3.8) is 0 Å². The van der Waals surface area contributed by atoms with Gasteiger partial charge in [0.25, 0.3) is 0 Å². The van der Waals surface area contributed by atoms with Gasteiger partial charge >= 0.3 is 0 Å². The monoisotopic (exact) mass is 221 g/mol. The Morgan fingerprint density at radius 1 is 1.50 bits per heavy atom. The van der Waals surface area contributed by atoms with E-state index < -0.39 is 0 Å². The van der Waals surface area contributed by atoms with E-state index in [1.807, 2.05) is 19.1 Å². The minimum absolute atomic E-state index is 0.0441. The lowest BCUT2D eigenvalue weighted by atomic mass is 10.4. The molecule has 0 rings (SSSR count). The Balaban J connectivity index is 4.16. The van der Waals surface area contributed by atoms with Crippen LogP contribution < -0.4 is 0 Å². The zero-order valence-electron chi connectivity index (χ0n) is 9.98. The molecular weight excluding hydrogens is 202 g/mol. The highest BCUT2D eigenvalue weighted by Crippen LogP contribution is 1.99. The fourth-order valence-electron chi connectivity index (χ4n) is 0.906. The molecule has 0 aliphatic heterocycles. The van der Waals surface area contributed by atoms with E-state index in [4.69, 9.17) is 4.74 Å². The predicted molar refractivity (Wildman–Crippen MR) is 66.6 cm³/mol. The third-order valence-electron chi connectivity index (χ3n) is 1.77. The van der Waals surface area contributed by atoms with Crippen molar-refractivity contribution >= 4 is 5.91 Å². The van der Waals surface area contributed by atoms with Crippen LogP contribution in [0.1, 0.15) is 13.8 Å². The highest BCUT2D eigenvalue weighted by atomic mass is 16.5. The van der Waals surface area contributed by atoms with Crippen LogP contribution in [-0.2, 0) is 9.53 Å². The van der Waals surface area contributed by atoms with Crippen molar-refractivity contribution in [3.05, 3.63) is 49.4 Å². The van der Waals surface area contributed by atoms with Crippen LogP contribution in [0.4, 0.5) is 0 Å². The lowest BCUT2D eigenvalue weighted by molar-refractivity contribution is -0.125. The van der Waals surface area contributed by atoms with Gasteiger partial charge in [0.2, 0.25) is 5.91 Å². The maximum absolute atomic E-state index is 11.2. The van der Waals surface area contributed by atoms with Gasteiger partial charge in [0.15, 0.2) is 0 Å². The van der Waals surface area contributed by atoms with Crippen molar-refractivity contribution in [1.29, 1.82) is 0 Å². The molecule has 0 atom stereocenters. The van der Waals surface area contributed by atoms with Gasteiger partial charge in [0, 0.05) is 19.7 Å². The van der Waals surface area contributed by atoms with E-state index in [2.05, 4.69) is 13.2 Å². The summed E-state index contributed by atoms with van der Waals surface area (Å²) in [4.78, 5) is 12.7. The summed E-state index contributed by atoms with van der Waals surface area (Å²) in [5, 5.41) is 0. The number of hydrogen-bond donors (Lipinski definition) is 0. The Kier molecular flexibility index (Phi) is 7.59. The Morgan fingerprint density at radius 2 is 2.19 bits per heavy atom. The van der Waals surface area contributed by atoms with Crippen molar-refractivity contribution in [2.24, 2.45) is 0 Å². The fraction of sp³-hybridized carbons (Fsp3) is 0.308. The molecule has 0 fully saturated rings. The van der Waals surface area contributed by atoms with Gasteiger partial charge in [-0.25, -0.2) is 0 Å². The minimum Gasteiger partial charge on any atom is -0.490 e. The summed E-state index contributed by atoms with van der Waals surface area (Å²) in [5.74, 6) is 0.478. The SMILES string of the molecule is C=CCN(/C=C\C(=C)OC/C=C/C)C(C)=O. The van der Waals surface area contributed by atoms with E-state index in [1.165, 1.54) is 11.8 Å². The van der Waals surface area contributed by atoms with Crippen LogP contribution in [0, 0.1) is 0 Å². The molecule has 0 aromatic rings. The minimum atomic E-state index is -0.0441. The first-order valence-electron chi connectivity index (χ1n) is 5.11. The average Bonchev–Trinajstić information content (AvgIpc) is 2.24. The second-order valence-electron chi connectivity index (χ2n) is 3.12. The molecule has 0 spiro atoms. The number of amides is 1. The highest BCUT2D eigenvalue weighted by molar-refractivity contribution is 5.74. The molecule has 3 heteroatoms. The molecule has 0 aromatic carbocycles. The van der Waals surface area contributed by atoms with E-state index in [9.17, 15) is 4.79 Å². The van der Waals surface area contributed by atoms with E-state index >= 15 is 0 Å². The summed E-state index contributed by atoms with van der Waals surface area (Å²) in [5.41, 5.74) is 0. The van der Waals surface area contributed by atoms with Crippen LogP contribution in [0.5, 0.6) is 0 Å². The summed E-state index contributed by atoms with van der Waals surface area (Å²) in [7, 11) is 0. The quantitative estimate of drug-likeness (QED) is 0.376. The second-order valence-corrected chi connectivity index (χ2v) is 3.12.